The predicted octanol–water partition coefficient (Wildman–Crippen LogP) is 3.83. The maximum Gasteiger partial charge on any atom is 0.171 e. The first-order valence-corrected chi connectivity index (χ1v) is 10.3. The number of hydrogen-bond acceptors (Lipinski definition) is 4. The van der Waals surface area contributed by atoms with Crippen molar-refractivity contribution in [2.75, 3.05) is 38.2 Å². The molecule has 2 atom stereocenters. The lowest BCUT2D eigenvalue weighted by Crippen LogP contribution is -2.49. The van der Waals surface area contributed by atoms with E-state index in [9.17, 15) is 0 Å². The van der Waals surface area contributed by atoms with Gasteiger partial charge in [-0.25, -0.2) is 0 Å². The summed E-state index contributed by atoms with van der Waals surface area (Å²) in [6.07, 6.45) is 0. The van der Waals surface area contributed by atoms with Gasteiger partial charge in [-0.15, -0.1) is 0 Å². The Kier molecular flexibility index (Phi) is 7.65. The third-order valence-electron chi connectivity index (χ3n) is 4.84. The minimum absolute atomic E-state index is 0.142. The maximum absolute atomic E-state index is 5.57. The molecule has 1 aliphatic rings. The number of ether oxygens (including phenoxy) is 2. The fraction of sp³-hybridized carbons (Fsp3) is 0.409. The minimum atomic E-state index is 0.142. The zero-order chi connectivity index (χ0) is 19.8. The molecule has 1 heterocycles. The van der Waals surface area contributed by atoms with E-state index in [0.29, 0.717) is 11.7 Å². The topological polar surface area (TPSA) is 45.8 Å². The second-order valence-electron chi connectivity index (χ2n) is 6.85. The molecule has 150 valence electrons. The van der Waals surface area contributed by atoms with Gasteiger partial charge in [-0.3, -0.25) is 4.90 Å². The van der Waals surface area contributed by atoms with Crippen LogP contribution in [-0.2, 0) is 4.74 Å². The molecule has 5 nitrogen and oxygen atoms in total. The Morgan fingerprint density at radius 1 is 1.11 bits per heavy atom. The Bertz CT molecular complexity index is 733. The molecule has 0 amide bonds. The fourth-order valence-electron chi connectivity index (χ4n) is 3.58. The van der Waals surface area contributed by atoms with Gasteiger partial charge in [-0.2, -0.15) is 0 Å². The van der Waals surface area contributed by atoms with E-state index >= 15 is 0 Å². The number of thiocarbonyl (C=S) groups is 1. The first kappa shape index (κ1) is 20.6. The second kappa shape index (κ2) is 10.4. The van der Waals surface area contributed by atoms with Crippen LogP contribution in [0.4, 0.5) is 5.69 Å². The highest BCUT2D eigenvalue weighted by Gasteiger charge is 2.28. The van der Waals surface area contributed by atoms with Crippen molar-refractivity contribution in [3.05, 3.63) is 60.2 Å². The van der Waals surface area contributed by atoms with E-state index in [-0.39, 0.29) is 12.1 Å². The molecule has 1 fully saturated rings. The van der Waals surface area contributed by atoms with Crippen LogP contribution in [-0.4, -0.2) is 49.0 Å². The van der Waals surface area contributed by atoms with Crippen LogP contribution in [0.2, 0.25) is 0 Å². The standard InChI is InChI=1S/C22H29N3O2S/c1-3-27-20-11-9-19(10-12-20)24-22(28)23-17(2)21(18-7-5-4-6-8-18)25-13-15-26-16-14-25/h4-12,17,21H,3,13-16H2,1-2H3,(H2,23,24,28)/t17-,21-/m0/s1. The van der Waals surface area contributed by atoms with Crippen LogP contribution in [0, 0.1) is 0 Å². The Morgan fingerprint density at radius 2 is 1.79 bits per heavy atom. The van der Waals surface area contributed by atoms with Gasteiger partial charge in [0.2, 0.25) is 0 Å². The van der Waals surface area contributed by atoms with Crippen molar-refractivity contribution in [1.29, 1.82) is 0 Å². The molecule has 0 unspecified atom stereocenters. The van der Waals surface area contributed by atoms with E-state index in [0.717, 1.165) is 37.7 Å². The average molecular weight is 400 g/mol. The molecule has 3 rings (SSSR count). The highest BCUT2D eigenvalue weighted by atomic mass is 32.1. The quantitative estimate of drug-likeness (QED) is 0.690. The molecule has 0 saturated carbocycles. The van der Waals surface area contributed by atoms with Crippen molar-refractivity contribution in [3.63, 3.8) is 0 Å². The Morgan fingerprint density at radius 3 is 2.43 bits per heavy atom. The second-order valence-corrected chi connectivity index (χ2v) is 7.26. The molecule has 0 aromatic heterocycles. The smallest absolute Gasteiger partial charge is 0.171 e. The van der Waals surface area contributed by atoms with Crippen molar-refractivity contribution >= 4 is 23.0 Å². The lowest BCUT2D eigenvalue weighted by Gasteiger charge is -2.38. The van der Waals surface area contributed by atoms with Gasteiger partial charge in [0.1, 0.15) is 5.75 Å². The van der Waals surface area contributed by atoms with E-state index in [1.165, 1.54) is 5.56 Å². The number of anilines is 1. The largest absolute Gasteiger partial charge is 0.494 e. The van der Waals surface area contributed by atoms with Crippen molar-refractivity contribution in [2.24, 2.45) is 0 Å². The summed E-state index contributed by atoms with van der Waals surface area (Å²) in [6.45, 7) is 8.20. The monoisotopic (exact) mass is 399 g/mol. The molecule has 0 bridgehead atoms. The zero-order valence-electron chi connectivity index (χ0n) is 16.6. The molecule has 2 aromatic carbocycles. The molecule has 1 aliphatic heterocycles. The lowest BCUT2D eigenvalue weighted by molar-refractivity contribution is 0.0102. The van der Waals surface area contributed by atoms with Gasteiger partial charge in [-0.1, -0.05) is 30.3 Å². The number of benzene rings is 2. The summed E-state index contributed by atoms with van der Waals surface area (Å²) in [5.74, 6) is 0.858. The summed E-state index contributed by atoms with van der Waals surface area (Å²) >= 11 is 5.57. The molecule has 0 spiro atoms. The highest BCUT2D eigenvalue weighted by molar-refractivity contribution is 7.80. The molecule has 2 N–H and O–H groups in total. The Hall–Kier alpha value is -2.15. The van der Waals surface area contributed by atoms with Gasteiger partial charge in [-0.05, 0) is 55.9 Å². The maximum atomic E-state index is 5.57. The van der Waals surface area contributed by atoms with Gasteiger partial charge in [0.25, 0.3) is 0 Å². The lowest BCUT2D eigenvalue weighted by atomic mass is 9.98. The minimum Gasteiger partial charge on any atom is -0.494 e. The zero-order valence-corrected chi connectivity index (χ0v) is 17.4. The summed E-state index contributed by atoms with van der Waals surface area (Å²) in [6, 6.07) is 18.8. The first-order valence-electron chi connectivity index (χ1n) is 9.84. The number of nitrogens with zero attached hydrogens (tertiary/aromatic N) is 1. The number of nitrogens with one attached hydrogen (secondary N) is 2. The summed E-state index contributed by atoms with van der Waals surface area (Å²) in [7, 11) is 0. The normalized spacial score (nSPS) is 16.8. The molecular formula is C22H29N3O2S. The Balaban J connectivity index is 1.65. The van der Waals surface area contributed by atoms with Crippen LogP contribution in [0.3, 0.4) is 0 Å². The summed E-state index contributed by atoms with van der Waals surface area (Å²) in [4.78, 5) is 2.47. The van der Waals surface area contributed by atoms with Crippen molar-refractivity contribution in [2.45, 2.75) is 25.9 Å². The third-order valence-corrected chi connectivity index (χ3v) is 5.06. The SMILES string of the molecule is CCOc1ccc(NC(=S)N[C@@H](C)[C@@H](c2ccccc2)N2CCOCC2)cc1. The van der Waals surface area contributed by atoms with Crippen molar-refractivity contribution in [3.8, 4) is 5.75 Å². The van der Waals surface area contributed by atoms with E-state index in [1.807, 2.05) is 31.2 Å². The molecule has 2 aromatic rings. The molecular weight excluding hydrogens is 370 g/mol. The van der Waals surface area contributed by atoms with E-state index in [4.69, 9.17) is 21.7 Å². The van der Waals surface area contributed by atoms with E-state index in [1.54, 1.807) is 0 Å². The number of hydrogen-bond donors (Lipinski definition) is 2. The van der Waals surface area contributed by atoms with Crippen LogP contribution in [0.1, 0.15) is 25.5 Å². The van der Waals surface area contributed by atoms with Gasteiger partial charge in [0.05, 0.1) is 25.9 Å². The average Bonchev–Trinajstić information content (AvgIpc) is 2.71. The molecule has 0 aliphatic carbocycles. The molecule has 0 radical (unpaired) electrons. The van der Waals surface area contributed by atoms with E-state index in [2.05, 4.69) is 52.8 Å². The number of morpholine rings is 1. The molecule has 1 saturated heterocycles. The molecule has 6 heteroatoms. The predicted molar refractivity (Wildman–Crippen MR) is 118 cm³/mol. The van der Waals surface area contributed by atoms with Crippen LogP contribution in [0.5, 0.6) is 5.75 Å². The van der Waals surface area contributed by atoms with Gasteiger partial charge < -0.3 is 20.1 Å². The van der Waals surface area contributed by atoms with Gasteiger partial charge in [0, 0.05) is 24.8 Å². The third kappa shape index (κ3) is 5.67. The Labute approximate surface area is 173 Å². The van der Waals surface area contributed by atoms with Crippen molar-refractivity contribution in [1.82, 2.24) is 10.2 Å². The highest BCUT2D eigenvalue weighted by Crippen LogP contribution is 2.25. The van der Waals surface area contributed by atoms with Crippen LogP contribution < -0.4 is 15.4 Å². The summed E-state index contributed by atoms with van der Waals surface area (Å²) in [5, 5.41) is 7.36. The van der Waals surface area contributed by atoms with Crippen LogP contribution in [0.15, 0.2) is 54.6 Å². The van der Waals surface area contributed by atoms with Crippen LogP contribution in [0.25, 0.3) is 0 Å². The van der Waals surface area contributed by atoms with Crippen LogP contribution >= 0.6 is 12.2 Å². The number of rotatable bonds is 7. The van der Waals surface area contributed by atoms with Crippen molar-refractivity contribution < 1.29 is 9.47 Å². The first-order chi connectivity index (χ1) is 13.7. The van der Waals surface area contributed by atoms with Gasteiger partial charge in [0.15, 0.2) is 5.11 Å². The fourth-order valence-corrected chi connectivity index (χ4v) is 3.88. The van der Waals surface area contributed by atoms with E-state index < -0.39 is 0 Å². The summed E-state index contributed by atoms with van der Waals surface area (Å²) in [5.41, 5.74) is 2.23. The molecule has 28 heavy (non-hydrogen) atoms. The van der Waals surface area contributed by atoms with Gasteiger partial charge >= 0.3 is 0 Å². The summed E-state index contributed by atoms with van der Waals surface area (Å²) < 4.78 is 11.0.